The van der Waals surface area contributed by atoms with Gasteiger partial charge in [0.1, 0.15) is 11.3 Å². The first-order chi connectivity index (χ1) is 16.0. The molecular formula is C24H34N6O3. The zero-order chi connectivity index (χ0) is 24.2. The Hall–Kier alpha value is -3.54. The largest absolute Gasteiger partial charge is 0.461 e. The van der Waals surface area contributed by atoms with Crippen LogP contribution in [0.5, 0.6) is 0 Å². The van der Waals surface area contributed by atoms with Gasteiger partial charge in [0.05, 0.1) is 12.2 Å². The number of aliphatic imine (C=N–C) groups is 1. The highest BCUT2D eigenvalue weighted by Crippen LogP contribution is 2.24. The number of nitrogens with one attached hydrogen (secondary N) is 1. The molecule has 0 spiro atoms. The number of nitrogens with zero attached hydrogens (tertiary/aromatic N) is 4. The van der Waals surface area contributed by atoms with Crippen LogP contribution in [-0.4, -0.2) is 53.8 Å². The Labute approximate surface area is 195 Å². The van der Waals surface area contributed by atoms with Gasteiger partial charge in [-0.3, -0.25) is 14.9 Å². The number of hydrogen-bond acceptors (Lipinski definition) is 5. The van der Waals surface area contributed by atoms with Crippen LogP contribution in [-0.2, 0) is 9.59 Å². The van der Waals surface area contributed by atoms with Crippen LogP contribution in [0.1, 0.15) is 51.7 Å². The summed E-state index contributed by atoms with van der Waals surface area (Å²) in [7, 11) is 0. The average molecular weight is 455 g/mol. The van der Waals surface area contributed by atoms with E-state index < -0.39 is 0 Å². The van der Waals surface area contributed by atoms with Crippen LogP contribution in [0, 0.1) is 18.4 Å². The van der Waals surface area contributed by atoms with Crippen LogP contribution in [0.2, 0.25) is 0 Å². The summed E-state index contributed by atoms with van der Waals surface area (Å²) in [6.07, 6.45) is 6.56. The zero-order valence-electron chi connectivity index (χ0n) is 19.8. The minimum Gasteiger partial charge on any atom is -0.461 e. The molecule has 0 atom stereocenters. The van der Waals surface area contributed by atoms with Gasteiger partial charge in [-0.2, -0.15) is 5.26 Å². The van der Waals surface area contributed by atoms with Crippen molar-refractivity contribution in [2.24, 2.45) is 10.7 Å². The number of fused-ring (bicyclic) bond motifs is 1. The van der Waals surface area contributed by atoms with Crippen molar-refractivity contribution in [1.82, 2.24) is 15.1 Å². The second-order valence-electron chi connectivity index (χ2n) is 7.67. The standard InChI is InChI=1S/C11H10N4O.C11H18N2O2.C2H6/c1-7-4-8-5-9(2-3-10(8)16-7)15-11(13)14-6-12;14-10-5-1-2-8-13(10)9-11(15)12-6-3-4-7-12;1-2/h2-5H,1H3,(H3,13,14,15);1-9H2;1-2H3. The van der Waals surface area contributed by atoms with Gasteiger partial charge in [-0.25, -0.2) is 4.99 Å². The number of piperidine rings is 1. The number of guanidine groups is 1. The van der Waals surface area contributed by atoms with E-state index in [0.717, 1.165) is 62.0 Å². The summed E-state index contributed by atoms with van der Waals surface area (Å²) >= 11 is 0. The Morgan fingerprint density at radius 1 is 1.18 bits per heavy atom. The zero-order valence-corrected chi connectivity index (χ0v) is 19.8. The number of benzene rings is 1. The van der Waals surface area contributed by atoms with Crippen molar-refractivity contribution in [3.8, 4) is 6.19 Å². The lowest BCUT2D eigenvalue weighted by Gasteiger charge is -2.28. The second-order valence-corrected chi connectivity index (χ2v) is 7.67. The fourth-order valence-electron chi connectivity index (χ4n) is 3.72. The van der Waals surface area contributed by atoms with Crippen molar-refractivity contribution in [2.75, 3.05) is 26.2 Å². The Morgan fingerprint density at radius 3 is 2.55 bits per heavy atom. The summed E-state index contributed by atoms with van der Waals surface area (Å²) < 4.78 is 5.43. The highest BCUT2D eigenvalue weighted by molar-refractivity contribution is 5.86. The summed E-state index contributed by atoms with van der Waals surface area (Å²) in [5.74, 6) is 1.19. The Bertz CT molecular complexity index is 1000. The normalized spacial score (nSPS) is 15.8. The van der Waals surface area contributed by atoms with E-state index >= 15 is 0 Å². The summed E-state index contributed by atoms with van der Waals surface area (Å²) in [5, 5.41) is 11.6. The number of rotatable bonds is 3. The molecule has 178 valence electrons. The van der Waals surface area contributed by atoms with Crippen molar-refractivity contribution in [2.45, 2.75) is 52.9 Å². The molecule has 9 heteroatoms. The molecule has 3 N–H and O–H groups in total. The lowest BCUT2D eigenvalue weighted by molar-refractivity contribution is -0.141. The van der Waals surface area contributed by atoms with Crippen molar-refractivity contribution >= 4 is 34.4 Å². The van der Waals surface area contributed by atoms with E-state index in [0.29, 0.717) is 18.7 Å². The van der Waals surface area contributed by atoms with Crippen molar-refractivity contribution < 1.29 is 14.0 Å². The van der Waals surface area contributed by atoms with Gasteiger partial charge in [-0.1, -0.05) is 13.8 Å². The lowest BCUT2D eigenvalue weighted by atomic mass is 10.1. The molecule has 0 unspecified atom stereocenters. The number of furan rings is 1. The van der Waals surface area contributed by atoms with Crippen LogP contribution in [0.25, 0.3) is 11.0 Å². The van der Waals surface area contributed by atoms with E-state index in [-0.39, 0.29) is 17.8 Å². The molecule has 2 aliphatic heterocycles. The number of hydrogen-bond donors (Lipinski definition) is 2. The highest BCUT2D eigenvalue weighted by Gasteiger charge is 2.24. The molecule has 4 rings (SSSR count). The first-order valence-electron chi connectivity index (χ1n) is 11.5. The number of nitrogens with two attached hydrogens (primary N) is 1. The SMILES string of the molecule is CC.Cc1cc2cc(N=C(N)NC#N)ccc2o1.O=C(CN1CCCCC1=O)N1CCCC1. The third-order valence-corrected chi connectivity index (χ3v) is 5.26. The van der Waals surface area contributed by atoms with Crippen molar-refractivity contribution in [1.29, 1.82) is 5.26 Å². The van der Waals surface area contributed by atoms with Gasteiger partial charge in [0, 0.05) is 31.4 Å². The van der Waals surface area contributed by atoms with Crippen molar-refractivity contribution in [3.05, 3.63) is 30.0 Å². The molecule has 1 aromatic carbocycles. The quantitative estimate of drug-likeness (QED) is 0.317. The Balaban J connectivity index is 0.000000218. The summed E-state index contributed by atoms with van der Waals surface area (Å²) in [5.41, 5.74) is 6.94. The van der Waals surface area contributed by atoms with Gasteiger partial charge in [-0.05, 0) is 56.9 Å². The predicted molar refractivity (Wildman–Crippen MR) is 129 cm³/mol. The Kier molecular flexibility index (Phi) is 10.2. The van der Waals surface area contributed by atoms with Gasteiger partial charge in [0.25, 0.3) is 0 Å². The third kappa shape index (κ3) is 7.83. The molecule has 0 aliphatic carbocycles. The smallest absolute Gasteiger partial charge is 0.242 e. The number of carbonyl (C=O) groups is 2. The summed E-state index contributed by atoms with van der Waals surface area (Å²) in [6, 6.07) is 7.36. The fourth-order valence-corrected chi connectivity index (χ4v) is 3.72. The minimum atomic E-state index is 0.0714. The number of carbonyl (C=O) groups excluding carboxylic acids is 2. The van der Waals surface area contributed by atoms with Crippen molar-refractivity contribution in [3.63, 3.8) is 0 Å². The van der Waals surface area contributed by atoms with Crippen LogP contribution in [0.3, 0.4) is 0 Å². The molecule has 2 fully saturated rings. The number of aryl methyl sites for hydroxylation is 1. The van der Waals surface area contributed by atoms with Gasteiger partial charge in [-0.15, -0.1) is 0 Å². The van der Waals surface area contributed by atoms with E-state index in [1.54, 1.807) is 17.2 Å². The molecule has 9 nitrogen and oxygen atoms in total. The van der Waals surface area contributed by atoms with Gasteiger partial charge < -0.3 is 20.0 Å². The summed E-state index contributed by atoms with van der Waals surface area (Å²) in [6.45, 7) is 8.70. The lowest BCUT2D eigenvalue weighted by Crippen LogP contribution is -2.43. The van der Waals surface area contributed by atoms with Crippen LogP contribution in [0.4, 0.5) is 5.69 Å². The van der Waals surface area contributed by atoms with E-state index in [9.17, 15) is 9.59 Å². The van der Waals surface area contributed by atoms with Gasteiger partial charge in [0.2, 0.25) is 17.8 Å². The molecule has 2 amide bonds. The highest BCUT2D eigenvalue weighted by atomic mass is 16.3. The fraction of sp³-hybridized carbons (Fsp3) is 0.500. The topological polar surface area (TPSA) is 128 Å². The first-order valence-corrected chi connectivity index (χ1v) is 11.5. The van der Waals surface area contributed by atoms with Crippen LogP contribution < -0.4 is 11.1 Å². The third-order valence-electron chi connectivity index (χ3n) is 5.26. The minimum absolute atomic E-state index is 0.0714. The molecule has 3 heterocycles. The van der Waals surface area contributed by atoms with Crippen LogP contribution >= 0.6 is 0 Å². The molecule has 2 saturated heterocycles. The predicted octanol–water partition coefficient (Wildman–Crippen LogP) is 3.41. The molecule has 0 bridgehead atoms. The van der Waals surface area contributed by atoms with E-state index in [4.69, 9.17) is 15.4 Å². The average Bonchev–Trinajstić information content (AvgIpc) is 3.46. The maximum atomic E-state index is 11.8. The molecule has 1 aromatic heterocycles. The van der Waals surface area contributed by atoms with E-state index in [2.05, 4.69) is 10.3 Å². The molecular weight excluding hydrogens is 420 g/mol. The van der Waals surface area contributed by atoms with E-state index in [1.807, 2.05) is 43.9 Å². The molecule has 0 saturated carbocycles. The monoisotopic (exact) mass is 454 g/mol. The summed E-state index contributed by atoms with van der Waals surface area (Å²) in [4.78, 5) is 30.9. The van der Waals surface area contributed by atoms with Crippen LogP contribution in [0.15, 0.2) is 33.7 Å². The first kappa shape index (κ1) is 25.7. The van der Waals surface area contributed by atoms with Gasteiger partial charge >= 0.3 is 0 Å². The molecule has 0 radical (unpaired) electrons. The molecule has 2 aromatic rings. The maximum Gasteiger partial charge on any atom is 0.242 e. The maximum absolute atomic E-state index is 11.8. The molecule has 33 heavy (non-hydrogen) atoms. The Morgan fingerprint density at radius 2 is 1.88 bits per heavy atom. The van der Waals surface area contributed by atoms with E-state index in [1.165, 1.54) is 0 Å². The number of amides is 2. The second kappa shape index (κ2) is 13.1. The number of likely N-dealkylation sites (tertiary alicyclic amines) is 2. The van der Waals surface area contributed by atoms with Gasteiger partial charge in [0.15, 0.2) is 6.19 Å². The molecule has 2 aliphatic rings. The number of nitriles is 1.